The lowest BCUT2D eigenvalue weighted by Crippen LogP contribution is -2.42. The van der Waals surface area contributed by atoms with Gasteiger partial charge in [-0.25, -0.2) is 0 Å². The van der Waals surface area contributed by atoms with Gasteiger partial charge in [0.1, 0.15) is 0 Å². The minimum Gasteiger partial charge on any atom is -0.481 e. The number of β-amino-alcohol motifs (C(OH)–C–C–N with tert-alkyl or cyclic N) is 1. The highest BCUT2D eigenvalue weighted by atomic mass is 35.5. The number of anilines is 1. The molecule has 0 fully saturated rings. The summed E-state index contributed by atoms with van der Waals surface area (Å²) in [4.78, 5) is 44.6. The Bertz CT molecular complexity index is 1160. The van der Waals surface area contributed by atoms with Crippen LogP contribution in [-0.2, 0) is 9.59 Å². The molecule has 35 heavy (non-hydrogen) atoms. The number of aliphatic hydroxyl groups excluding tert-OH is 1. The number of nitrogens with zero attached hydrogens (tertiary/aromatic N) is 2. The maximum Gasteiger partial charge on any atom is 0.305 e. The summed E-state index contributed by atoms with van der Waals surface area (Å²) in [5.74, 6) is -1.84. The zero-order valence-corrected chi connectivity index (χ0v) is 20.2. The summed E-state index contributed by atoms with van der Waals surface area (Å²) >= 11 is 12.2. The number of pyridine rings is 1. The monoisotopic (exact) mass is 522 g/mol. The summed E-state index contributed by atoms with van der Waals surface area (Å²) in [6.07, 6.45) is 1.87. The van der Waals surface area contributed by atoms with Crippen molar-refractivity contribution in [3.05, 3.63) is 57.3 Å². The van der Waals surface area contributed by atoms with Gasteiger partial charge in [-0.05, 0) is 36.2 Å². The molecule has 1 aliphatic heterocycles. The molecule has 6 N–H and O–H groups in total. The standard InChI is InChI=1S/C22H24Cl2N6O5/c1-11-16(3-13(23)4-17(11)24)18(5-20(33)34)30-19(32)10-26-21(35)12-2-14(7-25-6-12)29-22-27-8-15(31)9-28-22/h2-4,6-7,15,18,31H,5,8-10H2,1H3,(H,26,35)(H,30,32)(H,33,34)(H2,27,28,29). The third kappa shape index (κ3) is 7.54. The normalized spacial score (nSPS) is 15.9. The number of aliphatic carboxylic acids is 1. The Kier molecular flexibility index (Phi) is 8.85. The number of halogens is 2. The molecular weight excluding hydrogens is 499 g/mol. The van der Waals surface area contributed by atoms with Gasteiger partial charge in [-0.2, -0.15) is 0 Å². The van der Waals surface area contributed by atoms with Crippen LogP contribution in [0.3, 0.4) is 0 Å². The highest BCUT2D eigenvalue weighted by molar-refractivity contribution is 6.35. The number of guanidine groups is 1. The molecule has 2 unspecified atom stereocenters. The van der Waals surface area contributed by atoms with E-state index < -0.39 is 42.9 Å². The van der Waals surface area contributed by atoms with Crippen molar-refractivity contribution in [2.75, 3.05) is 25.0 Å². The Morgan fingerprint density at radius 2 is 2.00 bits per heavy atom. The lowest BCUT2D eigenvalue weighted by Gasteiger charge is -2.21. The number of hydrogen-bond donors (Lipinski definition) is 6. The van der Waals surface area contributed by atoms with Gasteiger partial charge in [0, 0.05) is 22.8 Å². The molecule has 0 aliphatic carbocycles. The number of carboxylic acid groups (broad SMARTS) is 1. The highest BCUT2D eigenvalue weighted by Crippen LogP contribution is 2.30. The molecule has 0 saturated heterocycles. The Morgan fingerprint density at radius 3 is 2.69 bits per heavy atom. The average molecular weight is 523 g/mol. The van der Waals surface area contributed by atoms with Crippen LogP contribution in [0.4, 0.5) is 5.69 Å². The van der Waals surface area contributed by atoms with Crippen molar-refractivity contribution in [3.63, 3.8) is 0 Å². The number of amides is 2. The van der Waals surface area contributed by atoms with Crippen LogP contribution in [0.5, 0.6) is 0 Å². The SMILES string of the molecule is Cc1c(Cl)cc(Cl)cc1C(CC(=O)O)NC(=O)CNC(=O)c1cncc(NC2=NCC(O)CN2)c1. The Balaban J connectivity index is 1.62. The van der Waals surface area contributed by atoms with Crippen molar-refractivity contribution in [3.8, 4) is 0 Å². The van der Waals surface area contributed by atoms with E-state index in [1.807, 2.05) is 0 Å². The second kappa shape index (κ2) is 11.8. The summed E-state index contributed by atoms with van der Waals surface area (Å²) in [7, 11) is 0. The third-order valence-electron chi connectivity index (χ3n) is 5.08. The van der Waals surface area contributed by atoms with Gasteiger partial charge in [0.05, 0.1) is 49.1 Å². The van der Waals surface area contributed by atoms with Crippen LogP contribution in [0.1, 0.15) is 33.9 Å². The molecule has 2 amide bonds. The topological polar surface area (TPSA) is 165 Å². The van der Waals surface area contributed by atoms with E-state index in [1.165, 1.54) is 24.5 Å². The molecule has 0 radical (unpaired) electrons. The number of carbonyl (C=O) groups excluding carboxylic acids is 2. The van der Waals surface area contributed by atoms with Crippen molar-refractivity contribution < 1.29 is 24.6 Å². The number of aromatic nitrogens is 1. The van der Waals surface area contributed by atoms with Gasteiger partial charge in [0.2, 0.25) is 5.91 Å². The molecule has 3 rings (SSSR count). The molecule has 0 spiro atoms. The molecule has 0 saturated carbocycles. The van der Waals surface area contributed by atoms with E-state index in [0.29, 0.717) is 39.4 Å². The minimum atomic E-state index is -1.13. The van der Waals surface area contributed by atoms with E-state index in [1.54, 1.807) is 13.0 Å². The van der Waals surface area contributed by atoms with E-state index in [4.69, 9.17) is 23.2 Å². The van der Waals surface area contributed by atoms with Crippen LogP contribution >= 0.6 is 23.2 Å². The zero-order chi connectivity index (χ0) is 25.5. The summed E-state index contributed by atoms with van der Waals surface area (Å²) in [5.41, 5.74) is 1.74. The van der Waals surface area contributed by atoms with Crippen molar-refractivity contribution >= 4 is 52.6 Å². The van der Waals surface area contributed by atoms with Crippen LogP contribution in [0.15, 0.2) is 35.6 Å². The zero-order valence-electron chi connectivity index (χ0n) is 18.6. The largest absolute Gasteiger partial charge is 0.481 e. The molecule has 2 aromatic rings. The van der Waals surface area contributed by atoms with E-state index in [2.05, 4.69) is 31.2 Å². The number of nitrogens with one attached hydrogen (secondary N) is 4. The molecule has 1 aromatic carbocycles. The molecule has 1 aliphatic rings. The number of hydrogen-bond acceptors (Lipinski definition) is 8. The van der Waals surface area contributed by atoms with Gasteiger partial charge in [-0.3, -0.25) is 24.4 Å². The number of aliphatic imine (C=N–C) groups is 1. The molecule has 2 atom stereocenters. The van der Waals surface area contributed by atoms with Gasteiger partial charge in [-0.1, -0.05) is 23.2 Å². The maximum atomic E-state index is 12.5. The smallest absolute Gasteiger partial charge is 0.305 e. The lowest BCUT2D eigenvalue weighted by atomic mass is 9.98. The quantitative estimate of drug-likeness (QED) is 0.303. The number of benzene rings is 1. The fourth-order valence-electron chi connectivity index (χ4n) is 3.33. The summed E-state index contributed by atoms with van der Waals surface area (Å²) in [6, 6.07) is 3.70. The fourth-order valence-corrected chi connectivity index (χ4v) is 3.84. The van der Waals surface area contributed by atoms with Crippen LogP contribution < -0.4 is 21.3 Å². The second-order valence-corrected chi connectivity index (χ2v) is 8.66. The molecule has 13 heteroatoms. The molecular formula is C22H24Cl2N6O5. The molecule has 2 heterocycles. The fraction of sp³-hybridized carbons (Fsp3) is 0.318. The van der Waals surface area contributed by atoms with Crippen molar-refractivity contribution in [1.29, 1.82) is 0 Å². The molecule has 11 nitrogen and oxygen atoms in total. The highest BCUT2D eigenvalue weighted by Gasteiger charge is 2.22. The van der Waals surface area contributed by atoms with Gasteiger partial charge in [0.25, 0.3) is 5.91 Å². The van der Waals surface area contributed by atoms with Crippen molar-refractivity contribution in [2.24, 2.45) is 4.99 Å². The molecule has 186 valence electrons. The molecule has 1 aromatic heterocycles. The number of rotatable bonds is 8. The number of aliphatic hydroxyl groups is 1. The first kappa shape index (κ1) is 26.2. The maximum absolute atomic E-state index is 12.5. The number of carboxylic acids is 1. The van der Waals surface area contributed by atoms with Crippen LogP contribution in [0.2, 0.25) is 10.0 Å². The van der Waals surface area contributed by atoms with E-state index >= 15 is 0 Å². The minimum absolute atomic E-state index is 0.193. The van der Waals surface area contributed by atoms with Crippen LogP contribution in [0.25, 0.3) is 0 Å². The van der Waals surface area contributed by atoms with E-state index in [-0.39, 0.29) is 12.1 Å². The average Bonchev–Trinajstić information content (AvgIpc) is 2.81. The Morgan fingerprint density at radius 1 is 1.23 bits per heavy atom. The summed E-state index contributed by atoms with van der Waals surface area (Å²) in [6.45, 7) is 1.90. The predicted octanol–water partition coefficient (Wildman–Crippen LogP) is 1.49. The predicted molar refractivity (Wildman–Crippen MR) is 131 cm³/mol. The Labute approximate surface area is 210 Å². The Hall–Kier alpha value is -3.41. The first-order chi connectivity index (χ1) is 16.6. The van der Waals surface area contributed by atoms with E-state index in [0.717, 1.165) is 0 Å². The first-order valence-electron chi connectivity index (χ1n) is 10.6. The molecule has 0 bridgehead atoms. The van der Waals surface area contributed by atoms with Crippen LogP contribution in [-0.4, -0.2) is 64.7 Å². The van der Waals surface area contributed by atoms with Gasteiger partial charge >= 0.3 is 5.97 Å². The summed E-state index contributed by atoms with van der Waals surface area (Å²) in [5, 5.41) is 30.4. The van der Waals surface area contributed by atoms with Gasteiger partial charge in [-0.15, -0.1) is 0 Å². The van der Waals surface area contributed by atoms with Crippen molar-refractivity contribution in [2.45, 2.75) is 25.5 Å². The van der Waals surface area contributed by atoms with Crippen molar-refractivity contribution in [1.82, 2.24) is 20.9 Å². The first-order valence-corrected chi connectivity index (χ1v) is 11.3. The van der Waals surface area contributed by atoms with Crippen LogP contribution in [0, 0.1) is 6.92 Å². The van der Waals surface area contributed by atoms with E-state index in [9.17, 15) is 24.6 Å². The number of carbonyl (C=O) groups is 3. The van der Waals surface area contributed by atoms with Gasteiger partial charge < -0.3 is 31.5 Å². The second-order valence-electron chi connectivity index (χ2n) is 7.81. The lowest BCUT2D eigenvalue weighted by molar-refractivity contribution is -0.137. The van der Waals surface area contributed by atoms with Gasteiger partial charge in [0.15, 0.2) is 5.96 Å². The third-order valence-corrected chi connectivity index (χ3v) is 5.69. The summed E-state index contributed by atoms with van der Waals surface area (Å²) < 4.78 is 0.